The molecule has 20 nitrogen and oxygen atoms in total. The number of likely N-dealkylation sites (tertiary alicyclic amines) is 2. The number of aliphatic carboxylic acids is 1. The van der Waals surface area contributed by atoms with Crippen LogP contribution in [0.2, 0.25) is 0 Å². The van der Waals surface area contributed by atoms with Crippen LogP contribution in [0.4, 0.5) is 9.93 Å². The Morgan fingerprint density at radius 1 is 1.27 bits per heavy atom. The van der Waals surface area contributed by atoms with Crippen LogP contribution in [-0.4, -0.2) is 115 Å². The molecular formula is C27H30N8O12S2. The average molecular weight is 723 g/mol. The lowest BCUT2D eigenvalue weighted by Crippen LogP contribution is -2.56. The van der Waals surface area contributed by atoms with Gasteiger partial charge in [-0.3, -0.25) is 9.59 Å². The van der Waals surface area contributed by atoms with Crippen molar-refractivity contribution >= 4 is 64.0 Å². The van der Waals surface area contributed by atoms with Gasteiger partial charge in [0.2, 0.25) is 17.4 Å². The van der Waals surface area contributed by atoms with Crippen molar-refractivity contribution in [1.29, 1.82) is 0 Å². The van der Waals surface area contributed by atoms with Crippen LogP contribution < -0.4 is 22.2 Å². The number of carboxylic acid groups (broad SMARTS) is 1. The van der Waals surface area contributed by atoms with Crippen LogP contribution in [0.15, 0.2) is 41.7 Å². The van der Waals surface area contributed by atoms with E-state index < -0.39 is 46.9 Å². The number of methoxy groups -OCH3 is 1. The lowest BCUT2D eigenvalue weighted by molar-refractivity contribution is -0.144. The zero-order valence-corrected chi connectivity index (χ0v) is 27.5. The highest BCUT2D eigenvalue weighted by molar-refractivity contribution is 8.00. The van der Waals surface area contributed by atoms with Crippen LogP contribution in [0.3, 0.4) is 0 Å². The van der Waals surface area contributed by atoms with Crippen molar-refractivity contribution in [3.8, 4) is 0 Å². The molecule has 2 fully saturated rings. The monoisotopic (exact) mass is 722 g/mol. The van der Waals surface area contributed by atoms with E-state index in [0.717, 1.165) is 30.4 Å². The molecule has 3 amide bonds. The van der Waals surface area contributed by atoms with Gasteiger partial charge in [-0.2, -0.15) is 9.36 Å². The summed E-state index contributed by atoms with van der Waals surface area (Å²) in [4.78, 5) is 82.0. The van der Waals surface area contributed by atoms with Gasteiger partial charge in [-0.05, 0) is 31.4 Å². The van der Waals surface area contributed by atoms with E-state index in [2.05, 4.69) is 25.1 Å². The molecule has 22 heteroatoms. The van der Waals surface area contributed by atoms with Gasteiger partial charge in [0, 0.05) is 42.5 Å². The maximum absolute atomic E-state index is 13.4. The molecule has 262 valence electrons. The molecule has 0 bridgehead atoms. The summed E-state index contributed by atoms with van der Waals surface area (Å²) < 4.78 is 23.5. The van der Waals surface area contributed by atoms with Gasteiger partial charge in [-0.15, -0.1) is 11.8 Å². The molecule has 5 rings (SSSR count). The Morgan fingerprint density at radius 2 is 2.04 bits per heavy atom. The van der Waals surface area contributed by atoms with Crippen LogP contribution in [0.25, 0.3) is 0 Å². The zero-order chi connectivity index (χ0) is 35.4. The molecule has 0 saturated carbocycles. The Bertz CT molecular complexity index is 1810. The third-order valence-corrected chi connectivity index (χ3v) is 9.55. The fraction of sp³-hybridized carbons (Fsp3) is 0.444. The second-order valence-electron chi connectivity index (χ2n) is 10.8. The number of thioether (sulfide) groups is 1. The number of nitrogens with zero attached hydrogens (tertiary/aromatic N) is 5. The van der Waals surface area contributed by atoms with E-state index in [9.17, 15) is 39.1 Å². The first-order valence-electron chi connectivity index (χ1n) is 14.5. The molecule has 0 radical (unpaired) electrons. The number of rotatable bonds is 10. The van der Waals surface area contributed by atoms with Gasteiger partial charge >= 0.3 is 23.9 Å². The highest BCUT2D eigenvalue weighted by Gasteiger charge is 2.40. The molecule has 3 aliphatic heterocycles. The summed E-state index contributed by atoms with van der Waals surface area (Å²) in [6.07, 6.45) is 1.66. The summed E-state index contributed by atoms with van der Waals surface area (Å²) >= 11 is 1.82. The first kappa shape index (κ1) is 34.9. The molecule has 0 spiro atoms. The summed E-state index contributed by atoms with van der Waals surface area (Å²) in [5.74, 6) is -4.51. The fourth-order valence-electron chi connectivity index (χ4n) is 5.35. The summed E-state index contributed by atoms with van der Waals surface area (Å²) in [5, 5.41) is 26.4. The molecule has 49 heavy (non-hydrogen) atoms. The van der Waals surface area contributed by atoms with Crippen LogP contribution in [0.1, 0.15) is 30.2 Å². The van der Waals surface area contributed by atoms with Gasteiger partial charge in [0.25, 0.3) is 5.91 Å². The van der Waals surface area contributed by atoms with E-state index in [1.165, 1.54) is 17.9 Å². The Kier molecular flexibility index (Phi) is 10.6. The molecule has 2 aromatic rings. The molecule has 2 aromatic heterocycles. The lowest BCUT2D eigenvalue weighted by atomic mass is 10.1. The number of hydrogen-bond acceptors (Lipinski definition) is 18. The standard InChI is InChI=1S/C27H30N8O12S2/c1-11-15(47-27(42)46-11)9-45-26(41)34-5-4-14(8-34)35-6-3-12(22(35)37)7-13-10-48-21(30-16(13)23(38)39)18(24(40)44-2)29-20(36)17(32-43)19-31-25(28)49-33-19/h7,14,18,21,30,43H,3-6,8-10H2,1-2H3,(H,29,36)(H,38,39)(H2,28,31,33)/b12-7?,32-17-/t14-,18+,21-/m1/s1. The number of nitrogens with two attached hydrogens (primary N) is 1. The number of aryl methyl sites for hydroxylation is 1. The van der Waals surface area contributed by atoms with Gasteiger partial charge in [-0.1, -0.05) is 5.16 Å². The summed E-state index contributed by atoms with van der Waals surface area (Å²) in [6.45, 7) is 2.11. The molecule has 0 aliphatic carbocycles. The number of nitrogens with one attached hydrogen (secondary N) is 2. The zero-order valence-electron chi connectivity index (χ0n) is 25.9. The minimum absolute atomic E-state index is 0.000310. The predicted molar refractivity (Wildman–Crippen MR) is 167 cm³/mol. The van der Waals surface area contributed by atoms with E-state index in [-0.39, 0.29) is 64.6 Å². The number of carbonyl (C=O) groups excluding carboxylic acids is 4. The van der Waals surface area contributed by atoms with Gasteiger partial charge in [0.05, 0.1) is 13.2 Å². The quantitative estimate of drug-likeness (QED) is 0.0671. The third-order valence-electron chi connectivity index (χ3n) is 7.78. The van der Waals surface area contributed by atoms with Crippen LogP contribution >= 0.6 is 23.3 Å². The minimum atomic E-state index is -1.46. The number of aromatic nitrogens is 2. The average Bonchev–Trinajstić information content (AvgIpc) is 3.87. The molecule has 0 aromatic carbocycles. The summed E-state index contributed by atoms with van der Waals surface area (Å²) in [6, 6.07) is -1.76. The van der Waals surface area contributed by atoms with Gasteiger partial charge in [0.1, 0.15) is 11.1 Å². The smallest absolute Gasteiger partial charge is 0.477 e. The number of esters is 1. The van der Waals surface area contributed by atoms with Crippen LogP contribution in [0.5, 0.6) is 0 Å². The Hall–Kier alpha value is -5.38. The van der Waals surface area contributed by atoms with Crippen molar-refractivity contribution in [2.24, 2.45) is 5.16 Å². The molecule has 2 saturated heterocycles. The predicted octanol–water partition coefficient (Wildman–Crippen LogP) is -0.618. The summed E-state index contributed by atoms with van der Waals surface area (Å²) in [5.41, 5.74) is 5.24. The maximum atomic E-state index is 13.4. The number of oxime groups is 1. The second kappa shape index (κ2) is 14.8. The molecule has 5 heterocycles. The number of carboxylic acids is 1. The maximum Gasteiger partial charge on any atom is 0.519 e. The molecule has 3 aliphatic rings. The molecule has 6 N–H and O–H groups in total. The third kappa shape index (κ3) is 7.69. The van der Waals surface area contributed by atoms with Gasteiger partial charge < -0.3 is 54.8 Å². The minimum Gasteiger partial charge on any atom is -0.477 e. The number of carbonyl (C=O) groups is 5. The Morgan fingerprint density at radius 3 is 2.67 bits per heavy atom. The SMILES string of the molecule is COC(=O)[C@@H](NC(=O)/C(=N\O)c1nsc(N)n1)[C@@H]1NC(C(=O)O)=C(C=C2CCN([C@@H]3CCN(C(=O)OCc4oc(=O)oc4C)C3)C2=O)CS1. The number of ether oxygens (including phenoxy) is 2. The highest BCUT2D eigenvalue weighted by Crippen LogP contribution is 2.31. The van der Waals surface area contributed by atoms with E-state index >= 15 is 0 Å². The van der Waals surface area contributed by atoms with E-state index in [0.29, 0.717) is 31.5 Å². The van der Waals surface area contributed by atoms with Gasteiger partial charge in [-0.25, -0.2) is 19.2 Å². The van der Waals surface area contributed by atoms with Crippen molar-refractivity contribution in [2.75, 3.05) is 38.2 Å². The number of hydrogen-bond donors (Lipinski definition) is 5. The fourth-order valence-corrected chi connectivity index (χ4v) is 6.95. The Labute approximate surface area is 284 Å². The lowest BCUT2D eigenvalue weighted by Gasteiger charge is -2.31. The topological polar surface area (TPSA) is 282 Å². The molecule has 3 atom stereocenters. The Balaban J connectivity index is 1.24. The van der Waals surface area contributed by atoms with E-state index in [4.69, 9.17) is 24.0 Å². The van der Waals surface area contributed by atoms with Crippen LogP contribution in [0, 0.1) is 6.92 Å². The van der Waals surface area contributed by atoms with Crippen molar-refractivity contribution in [1.82, 2.24) is 29.8 Å². The van der Waals surface area contributed by atoms with Gasteiger partial charge in [0.15, 0.2) is 29.3 Å². The largest absolute Gasteiger partial charge is 0.519 e. The highest BCUT2D eigenvalue weighted by atomic mass is 32.2. The van der Waals surface area contributed by atoms with Crippen molar-refractivity contribution in [2.45, 2.75) is 43.8 Å². The first-order valence-corrected chi connectivity index (χ1v) is 16.3. The molecular weight excluding hydrogens is 692 g/mol. The number of allylic oxidation sites excluding steroid dienone is 1. The normalized spacial score (nSPS) is 21.1. The van der Waals surface area contributed by atoms with Crippen molar-refractivity contribution in [3.63, 3.8) is 0 Å². The van der Waals surface area contributed by atoms with E-state index in [1.54, 1.807) is 4.90 Å². The molecule has 0 unspecified atom stereocenters. The number of amides is 3. The summed E-state index contributed by atoms with van der Waals surface area (Å²) in [7, 11) is 1.08. The number of anilines is 1. The first-order chi connectivity index (χ1) is 23.4. The van der Waals surface area contributed by atoms with Crippen molar-refractivity contribution < 1.29 is 52.6 Å². The van der Waals surface area contributed by atoms with Crippen molar-refractivity contribution in [3.05, 3.63) is 50.9 Å². The van der Waals surface area contributed by atoms with E-state index in [1.807, 2.05) is 0 Å². The second-order valence-corrected chi connectivity index (χ2v) is 12.7. The van der Waals surface area contributed by atoms with Crippen LogP contribution in [-0.2, 0) is 35.3 Å². The number of nitrogen functional groups attached to an aromatic ring is 1.